The van der Waals surface area contributed by atoms with Gasteiger partial charge in [-0.15, -0.1) is 11.8 Å². The topological polar surface area (TPSA) is 38.7 Å². The summed E-state index contributed by atoms with van der Waals surface area (Å²) in [6.45, 7) is 3.39. The van der Waals surface area contributed by atoms with Crippen LogP contribution < -0.4 is 0 Å². The minimum absolute atomic E-state index is 0.0972. The van der Waals surface area contributed by atoms with Crippen molar-refractivity contribution in [2.45, 2.75) is 18.7 Å². The van der Waals surface area contributed by atoms with E-state index in [1.807, 2.05) is 12.3 Å². The van der Waals surface area contributed by atoms with Crippen molar-refractivity contribution in [3.05, 3.63) is 92.3 Å². The summed E-state index contributed by atoms with van der Waals surface area (Å²) in [7, 11) is 0. The maximum absolute atomic E-state index is 14.0. The predicted molar refractivity (Wildman–Crippen MR) is 143 cm³/mol. The number of fused-ring (bicyclic) bond motifs is 2. The number of nitrogens with zero attached hydrogens (tertiary/aromatic N) is 3. The van der Waals surface area contributed by atoms with E-state index in [0.717, 1.165) is 28.7 Å². The molecule has 0 atom stereocenters. The number of rotatable bonds is 2. The molecule has 0 spiro atoms. The zero-order valence-corrected chi connectivity index (χ0v) is 22.5. The van der Waals surface area contributed by atoms with Crippen LogP contribution in [0.4, 0.5) is 17.6 Å². The minimum Gasteiger partial charge on any atom is -0.263 e. The number of pyridine rings is 3. The zero-order valence-electron chi connectivity index (χ0n) is 19.4. The van der Waals surface area contributed by atoms with Crippen molar-refractivity contribution in [1.29, 1.82) is 0 Å². The summed E-state index contributed by atoms with van der Waals surface area (Å²) in [5.74, 6) is -2.83. The lowest BCUT2D eigenvalue weighted by Crippen LogP contribution is -1.96. The van der Waals surface area contributed by atoms with Crippen LogP contribution in [0.2, 0.25) is 15.2 Å². The monoisotopic (exact) mass is 583 g/mol. The third-order valence-electron chi connectivity index (χ3n) is 5.50. The number of hydrogen-bond acceptors (Lipinski definition) is 4. The van der Waals surface area contributed by atoms with Crippen LogP contribution >= 0.6 is 46.6 Å². The van der Waals surface area contributed by atoms with Gasteiger partial charge in [0.25, 0.3) is 0 Å². The van der Waals surface area contributed by atoms with Gasteiger partial charge in [0, 0.05) is 52.7 Å². The van der Waals surface area contributed by atoms with E-state index in [2.05, 4.69) is 15.0 Å². The highest BCUT2D eigenvalue weighted by atomic mass is 35.5. The molecule has 5 aromatic rings. The smallest absolute Gasteiger partial charge is 0.137 e. The van der Waals surface area contributed by atoms with Crippen LogP contribution in [0, 0.1) is 37.1 Å². The van der Waals surface area contributed by atoms with Crippen LogP contribution in [-0.4, -0.2) is 21.2 Å². The largest absolute Gasteiger partial charge is 0.263 e. The Balaban J connectivity index is 0.000000186. The van der Waals surface area contributed by atoms with Gasteiger partial charge >= 0.3 is 0 Å². The van der Waals surface area contributed by atoms with Gasteiger partial charge in [-0.2, -0.15) is 0 Å². The molecule has 5 rings (SSSR count). The Labute approximate surface area is 228 Å². The van der Waals surface area contributed by atoms with Crippen LogP contribution in [0.15, 0.2) is 47.6 Å². The zero-order chi connectivity index (χ0) is 27.0. The summed E-state index contributed by atoms with van der Waals surface area (Å²) < 4.78 is 53.7. The number of halogens is 7. The van der Waals surface area contributed by atoms with E-state index in [1.54, 1.807) is 38.0 Å². The third-order valence-corrected chi connectivity index (χ3v) is 7.51. The fourth-order valence-electron chi connectivity index (χ4n) is 3.64. The van der Waals surface area contributed by atoms with Gasteiger partial charge in [-0.05, 0) is 31.7 Å². The third kappa shape index (κ3) is 5.48. The number of aromatic nitrogens is 3. The number of thioether (sulfide) groups is 1. The van der Waals surface area contributed by atoms with Crippen LogP contribution in [0.5, 0.6) is 0 Å². The van der Waals surface area contributed by atoms with Gasteiger partial charge in [0.1, 0.15) is 28.4 Å². The molecule has 0 saturated heterocycles. The second-order valence-electron chi connectivity index (χ2n) is 7.92. The Morgan fingerprint density at radius 2 is 1.24 bits per heavy atom. The molecule has 0 aliphatic heterocycles. The summed E-state index contributed by atoms with van der Waals surface area (Å²) in [5, 5.41) is 0.797. The molecule has 0 aliphatic rings. The van der Waals surface area contributed by atoms with Gasteiger partial charge in [-0.3, -0.25) is 4.98 Å². The van der Waals surface area contributed by atoms with Gasteiger partial charge in [0.15, 0.2) is 0 Å². The van der Waals surface area contributed by atoms with Gasteiger partial charge in [-0.25, -0.2) is 27.5 Å². The van der Waals surface area contributed by atoms with E-state index in [4.69, 9.17) is 34.8 Å². The Morgan fingerprint density at radius 1 is 0.703 bits per heavy atom. The van der Waals surface area contributed by atoms with E-state index in [-0.39, 0.29) is 37.0 Å². The molecule has 0 bridgehead atoms. The molecule has 0 saturated carbocycles. The molecule has 3 nitrogen and oxygen atoms in total. The van der Waals surface area contributed by atoms with E-state index in [1.165, 1.54) is 6.07 Å². The van der Waals surface area contributed by atoms with Crippen LogP contribution in [0.3, 0.4) is 0 Å². The predicted octanol–water partition coefficient (Wildman–Crippen LogP) is 9.39. The molecule has 3 heterocycles. The molecule has 0 N–H and O–H groups in total. The average molecular weight is 585 g/mol. The van der Waals surface area contributed by atoms with E-state index >= 15 is 0 Å². The molecular formula is C26H16Cl3F4N3S. The van der Waals surface area contributed by atoms with Crippen molar-refractivity contribution in [2.24, 2.45) is 0 Å². The fraction of sp³-hybridized carbons (Fsp3) is 0.115. The molecule has 3 aromatic heterocycles. The standard InChI is InChI=1S/C16H11ClF2N2S.C10H5Cl2F2N/c1-8-15(17)14-12(19)4-10(18)5-13(14)21-16(8)9-3-11(22-2)7-20-6-9;1-4-9(11)8-6(14)2-5(13)3-7(8)15-10(4)12/h3-7H,1-2H3;2-3H,1H3. The number of benzene rings is 2. The molecule has 0 radical (unpaired) electrons. The Kier molecular flexibility index (Phi) is 8.14. The van der Waals surface area contributed by atoms with Crippen LogP contribution in [0.1, 0.15) is 11.1 Å². The molecule has 37 heavy (non-hydrogen) atoms. The van der Waals surface area contributed by atoms with Crippen molar-refractivity contribution in [1.82, 2.24) is 15.0 Å². The first-order valence-corrected chi connectivity index (χ1v) is 12.9. The maximum atomic E-state index is 14.0. The lowest BCUT2D eigenvalue weighted by molar-refractivity contribution is 0.590. The van der Waals surface area contributed by atoms with E-state index in [9.17, 15) is 17.6 Å². The summed E-state index contributed by atoms with van der Waals surface area (Å²) in [6, 6.07) is 5.77. The van der Waals surface area contributed by atoms with Crippen LogP contribution in [0.25, 0.3) is 33.1 Å². The van der Waals surface area contributed by atoms with E-state index in [0.29, 0.717) is 16.8 Å². The van der Waals surface area contributed by atoms with Crippen molar-refractivity contribution in [2.75, 3.05) is 6.26 Å². The quantitative estimate of drug-likeness (QED) is 0.118. The lowest BCUT2D eigenvalue weighted by atomic mass is 10.1. The molecule has 190 valence electrons. The normalized spacial score (nSPS) is 11.1. The molecule has 2 aromatic carbocycles. The second-order valence-corrected chi connectivity index (χ2v) is 9.91. The first-order chi connectivity index (χ1) is 17.5. The summed E-state index contributed by atoms with van der Waals surface area (Å²) in [5.41, 5.74) is 2.77. The van der Waals surface area contributed by atoms with Gasteiger partial charge in [0.05, 0.1) is 37.5 Å². The Bertz CT molecular complexity index is 1680. The highest BCUT2D eigenvalue weighted by molar-refractivity contribution is 7.98. The van der Waals surface area contributed by atoms with Gasteiger partial charge in [-0.1, -0.05) is 34.8 Å². The van der Waals surface area contributed by atoms with Crippen molar-refractivity contribution >= 4 is 68.4 Å². The molecule has 0 fully saturated rings. The summed E-state index contributed by atoms with van der Waals surface area (Å²) >= 11 is 19.5. The van der Waals surface area contributed by atoms with Crippen LogP contribution in [-0.2, 0) is 0 Å². The molecule has 0 unspecified atom stereocenters. The first kappa shape index (κ1) is 27.4. The fourth-order valence-corrected chi connectivity index (χ4v) is 4.83. The average Bonchev–Trinajstić information content (AvgIpc) is 2.84. The molecule has 0 amide bonds. The SMILES string of the molecule is CSc1cncc(-c2nc3cc(F)cc(F)c3c(Cl)c2C)c1.Cc1c(Cl)nc2cc(F)cc(F)c2c1Cl. The van der Waals surface area contributed by atoms with Gasteiger partial charge in [0.2, 0.25) is 0 Å². The first-order valence-electron chi connectivity index (χ1n) is 10.6. The minimum atomic E-state index is -0.734. The molecular weight excluding hydrogens is 569 g/mol. The van der Waals surface area contributed by atoms with Crippen molar-refractivity contribution in [3.63, 3.8) is 0 Å². The van der Waals surface area contributed by atoms with E-state index < -0.39 is 23.3 Å². The summed E-state index contributed by atoms with van der Waals surface area (Å²) in [6.07, 6.45) is 5.34. The van der Waals surface area contributed by atoms with Gasteiger partial charge < -0.3 is 0 Å². The Hall–Kier alpha value is -2.65. The highest BCUT2D eigenvalue weighted by Gasteiger charge is 2.17. The lowest BCUT2D eigenvalue weighted by Gasteiger charge is -2.11. The van der Waals surface area contributed by atoms with Crippen molar-refractivity contribution in [3.8, 4) is 11.3 Å². The van der Waals surface area contributed by atoms with Crippen molar-refractivity contribution < 1.29 is 17.6 Å². The summed E-state index contributed by atoms with van der Waals surface area (Å²) in [4.78, 5) is 13.4. The molecule has 11 heteroatoms. The highest BCUT2D eigenvalue weighted by Crippen LogP contribution is 2.35. The maximum Gasteiger partial charge on any atom is 0.137 e. The second kappa shape index (κ2) is 11.0. The Morgan fingerprint density at radius 3 is 1.81 bits per heavy atom. The molecule has 0 aliphatic carbocycles. The number of hydrogen-bond donors (Lipinski definition) is 0.